The second kappa shape index (κ2) is 8.16. The molecule has 0 atom stereocenters. The van der Waals surface area contributed by atoms with Crippen LogP contribution in [0.15, 0.2) is 66.7 Å². The molecule has 3 rings (SSSR count). The minimum Gasteiger partial charge on any atom is -0.493 e. The zero-order valence-electron chi connectivity index (χ0n) is 14.6. The molecule has 0 fully saturated rings. The highest BCUT2D eigenvalue weighted by Crippen LogP contribution is 2.32. The summed E-state index contributed by atoms with van der Waals surface area (Å²) in [6, 6.07) is 20.7. The second-order valence-electron chi connectivity index (χ2n) is 5.54. The summed E-state index contributed by atoms with van der Waals surface area (Å²) in [6.07, 6.45) is 0. The Morgan fingerprint density at radius 3 is 2.46 bits per heavy atom. The molecule has 0 N–H and O–H groups in total. The summed E-state index contributed by atoms with van der Waals surface area (Å²) in [6.45, 7) is 0.427. The second-order valence-corrected chi connectivity index (χ2v) is 5.54. The monoisotopic (exact) mass is 349 g/mol. The van der Waals surface area contributed by atoms with Crippen molar-refractivity contribution < 1.29 is 19.0 Å². The van der Waals surface area contributed by atoms with E-state index in [1.807, 2.05) is 54.6 Å². The molecule has 0 saturated heterocycles. The quantitative estimate of drug-likeness (QED) is 0.627. The van der Waals surface area contributed by atoms with E-state index in [-0.39, 0.29) is 5.69 Å². The van der Waals surface area contributed by atoms with Crippen LogP contribution in [0.25, 0.3) is 11.3 Å². The van der Waals surface area contributed by atoms with E-state index in [0.717, 1.165) is 11.1 Å². The van der Waals surface area contributed by atoms with Gasteiger partial charge in [0, 0.05) is 5.56 Å². The molecule has 132 valence electrons. The molecular formula is C21H19NO4. The average molecular weight is 349 g/mol. The number of carbonyl (C=O) groups excluding carboxylic acids is 1. The average Bonchev–Trinajstić information content (AvgIpc) is 2.72. The highest BCUT2D eigenvalue weighted by Gasteiger charge is 2.12. The van der Waals surface area contributed by atoms with E-state index in [4.69, 9.17) is 14.2 Å². The van der Waals surface area contributed by atoms with Gasteiger partial charge in [0.25, 0.3) is 0 Å². The minimum absolute atomic E-state index is 0.257. The van der Waals surface area contributed by atoms with Crippen molar-refractivity contribution in [1.82, 2.24) is 4.98 Å². The van der Waals surface area contributed by atoms with Crippen LogP contribution in [-0.2, 0) is 11.3 Å². The minimum atomic E-state index is -0.471. The molecule has 26 heavy (non-hydrogen) atoms. The van der Waals surface area contributed by atoms with Crippen LogP contribution in [0.1, 0.15) is 16.1 Å². The first kappa shape index (κ1) is 17.5. The van der Waals surface area contributed by atoms with Crippen LogP contribution in [0.5, 0.6) is 11.5 Å². The van der Waals surface area contributed by atoms with Crippen LogP contribution < -0.4 is 9.47 Å². The molecule has 1 aromatic heterocycles. The summed E-state index contributed by atoms with van der Waals surface area (Å²) >= 11 is 0. The highest BCUT2D eigenvalue weighted by molar-refractivity contribution is 5.87. The number of benzene rings is 2. The molecule has 5 heteroatoms. The van der Waals surface area contributed by atoms with E-state index >= 15 is 0 Å². The van der Waals surface area contributed by atoms with Crippen molar-refractivity contribution in [3.05, 3.63) is 78.0 Å². The predicted molar refractivity (Wildman–Crippen MR) is 98.3 cm³/mol. The Hall–Kier alpha value is -3.34. The lowest BCUT2D eigenvalue weighted by Gasteiger charge is -2.12. The number of hydrogen-bond donors (Lipinski definition) is 0. The number of hydrogen-bond acceptors (Lipinski definition) is 5. The first-order valence-electron chi connectivity index (χ1n) is 8.12. The lowest BCUT2D eigenvalue weighted by atomic mass is 10.1. The van der Waals surface area contributed by atoms with Crippen molar-refractivity contribution in [2.75, 3.05) is 14.2 Å². The molecule has 3 aromatic rings. The largest absolute Gasteiger partial charge is 0.493 e. The smallest absolute Gasteiger partial charge is 0.356 e. The topological polar surface area (TPSA) is 57.7 Å². The van der Waals surface area contributed by atoms with E-state index in [2.05, 4.69) is 4.98 Å². The Morgan fingerprint density at radius 2 is 1.73 bits per heavy atom. The summed E-state index contributed by atoms with van der Waals surface area (Å²) in [5.74, 6) is 0.772. The molecular weight excluding hydrogens is 330 g/mol. The van der Waals surface area contributed by atoms with Gasteiger partial charge in [0.2, 0.25) is 0 Å². The van der Waals surface area contributed by atoms with Crippen molar-refractivity contribution in [1.29, 1.82) is 0 Å². The van der Waals surface area contributed by atoms with Gasteiger partial charge in [-0.05, 0) is 35.9 Å². The number of nitrogens with zero attached hydrogens (tertiary/aromatic N) is 1. The molecule has 5 nitrogen and oxygen atoms in total. The maximum absolute atomic E-state index is 11.7. The first-order valence-corrected chi connectivity index (χ1v) is 8.12. The predicted octanol–water partition coefficient (Wildman–Crippen LogP) is 4.12. The van der Waals surface area contributed by atoms with Crippen LogP contribution >= 0.6 is 0 Å². The first-order chi connectivity index (χ1) is 12.7. The lowest BCUT2D eigenvalue weighted by Crippen LogP contribution is -2.04. The van der Waals surface area contributed by atoms with Crippen molar-refractivity contribution in [2.45, 2.75) is 6.61 Å². The van der Waals surface area contributed by atoms with E-state index in [0.29, 0.717) is 23.8 Å². The Kier molecular flexibility index (Phi) is 5.49. The molecule has 2 aromatic carbocycles. The van der Waals surface area contributed by atoms with Gasteiger partial charge < -0.3 is 14.2 Å². The van der Waals surface area contributed by atoms with E-state index in [1.165, 1.54) is 7.11 Å². The van der Waals surface area contributed by atoms with Gasteiger partial charge in [0.15, 0.2) is 11.5 Å². The lowest BCUT2D eigenvalue weighted by molar-refractivity contribution is 0.0594. The van der Waals surface area contributed by atoms with Crippen molar-refractivity contribution in [3.8, 4) is 22.8 Å². The maximum atomic E-state index is 11.7. The van der Waals surface area contributed by atoms with Gasteiger partial charge in [-0.2, -0.15) is 0 Å². The van der Waals surface area contributed by atoms with Gasteiger partial charge in [0.05, 0.1) is 19.9 Å². The third-order valence-electron chi connectivity index (χ3n) is 3.84. The number of esters is 1. The van der Waals surface area contributed by atoms with Crippen LogP contribution in [0.3, 0.4) is 0 Å². The molecule has 0 aliphatic heterocycles. The summed E-state index contributed by atoms with van der Waals surface area (Å²) in [5.41, 5.74) is 2.79. The fraction of sp³-hybridized carbons (Fsp3) is 0.143. The molecule has 0 aliphatic carbocycles. The van der Waals surface area contributed by atoms with Gasteiger partial charge in [0.1, 0.15) is 12.3 Å². The Labute approximate surface area is 152 Å². The summed E-state index contributed by atoms with van der Waals surface area (Å²) in [4.78, 5) is 16.1. The Bertz CT molecular complexity index is 894. The molecule has 0 saturated carbocycles. The van der Waals surface area contributed by atoms with Crippen molar-refractivity contribution in [3.63, 3.8) is 0 Å². The number of aromatic nitrogens is 1. The standard InChI is InChI=1S/C21H19NO4/c1-24-19-12-11-16(17-9-6-10-18(22-17)21(23)25-2)13-20(19)26-14-15-7-4-3-5-8-15/h3-13H,14H2,1-2H3. The summed E-state index contributed by atoms with van der Waals surface area (Å²) < 4.78 is 16.0. The molecule has 0 radical (unpaired) electrons. The summed E-state index contributed by atoms with van der Waals surface area (Å²) in [7, 11) is 2.93. The number of carbonyl (C=O) groups is 1. The number of methoxy groups -OCH3 is 2. The van der Waals surface area contributed by atoms with Gasteiger partial charge >= 0.3 is 5.97 Å². The van der Waals surface area contributed by atoms with Gasteiger partial charge in [-0.15, -0.1) is 0 Å². The van der Waals surface area contributed by atoms with Crippen LogP contribution in [0.2, 0.25) is 0 Å². The molecule has 0 spiro atoms. The van der Waals surface area contributed by atoms with E-state index < -0.39 is 5.97 Å². The van der Waals surface area contributed by atoms with Gasteiger partial charge in [-0.3, -0.25) is 0 Å². The van der Waals surface area contributed by atoms with Gasteiger partial charge in [-0.25, -0.2) is 9.78 Å². The molecule has 0 amide bonds. The molecule has 1 heterocycles. The summed E-state index contributed by atoms with van der Waals surface area (Å²) in [5, 5.41) is 0. The zero-order valence-corrected chi connectivity index (χ0v) is 14.6. The van der Waals surface area contributed by atoms with Crippen molar-refractivity contribution in [2.24, 2.45) is 0 Å². The molecule has 0 aliphatic rings. The van der Waals surface area contributed by atoms with Crippen LogP contribution in [-0.4, -0.2) is 25.2 Å². The Morgan fingerprint density at radius 1 is 0.923 bits per heavy atom. The fourth-order valence-corrected chi connectivity index (χ4v) is 2.50. The van der Waals surface area contributed by atoms with Gasteiger partial charge in [-0.1, -0.05) is 36.4 Å². The third kappa shape index (κ3) is 4.00. The normalized spacial score (nSPS) is 10.2. The van der Waals surface area contributed by atoms with Crippen LogP contribution in [0.4, 0.5) is 0 Å². The highest BCUT2D eigenvalue weighted by atomic mass is 16.5. The molecule has 0 unspecified atom stereocenters. The van der Waals surface area contributed by atoms with E-state index in [9.17, 15) is 4.79 Å². The third-order valence-corrected chi connectivity index (χ3v) is 3.84. The van der Waals surface area contributed by atoms with Crippen LogP contribution in [0, 0.1) is 0 Å². The number of ether oxygens (including phenoxy) is 3. The fourth-order valence-electron chi connectivity index (χ4n) is 2.50. The van der Waals surface area contributed by atoms with Crippen molar-refractivity contribution >= 4 is 5.97 Å². The Balaban J connectivity index is 1.88. The SMILES string of the molecule is COC(=O)c1cccc(-c2ccc(OC)c(OCc3ccccc3)c2)n1. The maximum Gasteiger partial charge on any atom is 0.356 e. The number of pyridine rings is 1. The number of rotatable bonds is 6. The zero-order chi connectivity index (χ0) is 18.4. The molecule has 0 bridgehead atoms. The van der Waals surface area contributed by atoms with E-state index in [1.54, 1.807) is 19.2 Å².